The molecule has 2 atom stereocenters. The van der Waals surface area contributed by atoms with Gasteiger partial charge in [-0.3, -0.25) is 4.99 Å². The van der Waals surface area contributed by atoms with Crippen LogP contribution in [0.15, 0.2) is 28.7 Å². The third kappa shape index (κ3) is 2.06. The normalized spacial score (nSPS) is 28.6. The third-order valence-corrected chi connectivity index (χ3v) is 4.67. The van der Waals surface area contributed by atoms with Crippen molar-refractivity contribution in [3.05, 3.63) is 23.7 Å². The number of halogens is 1. The molecule has 3 rings (SSSR count). The molecule has 0 aromatic heterocycles. The second-order valence-electron chi connectivity index (χ2n) is 7.23. The molecular weight excluding hydrogens is 255 g/mol. The van der Waals surface area contributed by atoms with E-state index in [1.807, 2.05) is 32.9 Å². The van der Waals surface area contributed by atoms with E-state index in [1.165, 1.54) is 0 Å². The second kappa shape index (κ2) is 4.50. The average Bonchev–Trinajstić information content (AvgIpc) is 2.32. The highest BCUT2D eigenvalue weighted by atomic mass is 19.1. The molecule has 0 radical (unpaired) electrons. The molecule has 1 unspecified atom stereocenters. The molecule has 1 saturated carbocycles. The Morgan fingerprint density at radius 2 is 2.20 bits per heavy atom. The summed E-state index contributed by atoms with van der Waals surface area (Å²) >= 11 is 0. The van der Waals surface area contributed by atoms with Gasteiger partial charge in [0.25, 0.3) is 0 Å². The van der Waals surface area contributed by atoms with Crippen LogP contribution in [0.2, 0.25) is 0 Å². The zero-order chi connectivity index (χ0) is 14.5. The van der Waals surface area contributed by atoms with Crippen LogP contribution in [0.3, 0.4) is 0 Å². The molecule has 20 heavy (non-hydrogen) atoms. The van der Waals surface area contributed by atoms with Crippen molar-refractivity contribution in [1.29, 1.82) is 0 Å². The average molecular weight is 278 g/mol. The van der Waals surface area contributed by atoms with Crippen molar-refractivity contribution in [2.24, 2.45) is 16.3 Å². The molecule has 0 saturated heterocycles. The van der Waals surface area contributed by atoms with Crippen molar-refractivity contribution in [2.75, 3.05) is 6.54 Å². The van der Waals surface area contributed by atoms with E-state index in [-0.39, 0.29) is 22.7 Å². The minimum Gasteiger partial charge on any atom is -0.385 e. The molecule has 1 aliphatic heterocycles. The lowest BCUT2D eigenvalue weighted by atomic mass is 9.52. The summed E-state index contributed by atoms with van der Waals surface area (Å²) in [5, 5.41) is 13.4. The molecular formula is C16H23FN2O. The van der Waals surface area contributed by atoms with E-state index in [0.717, 1.165) is 19.3 Å². The number of aliphatic hydroxyl groups is 1. The van der Waals surface area contributed by atoms with Crippen LogP contribution in [0.4, 0.5) is 4.39 Å². The molecule has 0 aromatic rings. The van der Waals surface area contributed by atoms with Gasteiger partial charge in [0.05, 0.1) is 11.4 Å². The maximum Gasteiger partial charge on any atom is 0.129 e. The first kappa shape index (κ1) is 14.0. The van der Waals surface area contributed by atoms with Crippen molar-refractivity contribution in [2.45, 2.75) is 51.7 Å². The SMILES string of the molecule is CC(C)(C)NC[C@H](O)C1=NC2=C(F)C3(CCC3)C2C=C1. The van der Waals surface area contributed by atoms with Gasteiger partial charge in [-0.2, -0.15) is 0 Å². The van der Waals surface area contributed by atoms with Crippen LogP contribution in [-0.2, 0) is 0 Å². The molecule has 1 spiro atoms. The Balaban J connectivity index is 1.71. The number of β-amino-alcohol motifs (C(OH)–C–C–N with tert-alkyl or cyclic N) is 1. The van der Waals surface area contributed by atoms with Crippen molar-refractivity contribution in [3.8, 4) is 0 Å². The number of aliphatic imine (C=N–C) groups is 1. The van der Waals surface area contributed by atoms with Crippen molar-refractivity contribution in [3.63, 3.8) is 0 Å². The predicted molar refractivity (Wildman–Crippen MR) is 78.2 cm³/mol. The molecule has 2 aliphatic carbocycles. The van der Waals surface area contributed by atoms with Crippen molar-refractivity contribution >= 4 is 5.71 Å². The molecule has 0 amide bonds. The van der Waals surface area contributed by atoms with Crippen LogP contribution in [0.1, 0.15) is 40.0 Å². The fourth-order valence-corrected chi connectivity index (χ4v) is 3.26. The first-order chi connectivity index (χ1) is 9.33. The molecule has 3 nitrogen and oxygen atoms in total. The molecule has 1 fully saturated rings. The van der Waals surface area contributed by atoms with Crippen molar-refractivity contribution in [1.82, 2.24) is 5.32 Å². The van der Waals surface area contributed by atoms with Gasteiger partial charge in [0.15, 0.2) is 0 Å². The van der Waals surface area contributed by atoms with E-state index in [4.69, 9.17) is 0 Å². The van der Waals surface area contributed by atoms with Gasteiger partial charge in [-0.25, -0.2) is 4.39 Å². The van der Waals surface area contributed by atoms with Gasteiger partial charge in [-0.05, 0) is 39.7 Å². The van der Waals surface area contributed by atoms with E-state index < -0.39 is 6.10 Å². The van der Waals surface area contributed by atoms with Crippen LogP contribution in [0, 0.1) is 11.3 Å². The van der Waals surface area contributed by atoms with Crippen LogP contribution in [-0.4, -0.2) is 29.0 Å². The molecule has 1 heterocycles. The zero-order valence-electron chi connectivity index (χ0n) is 12.4. The summed E-state index contributed by atoms with van der Waals surface area (Å²) in [7, 11) is 0. The van der Waals surface area contributed by atoms with Gasteiger partial charge in [0.2, 0.25) is 0 Å². The number of aliphatic hydroxyl groups excluding tert-OH is 1. The molecule has 0 aromatic carbocycles. The Morgan fingerprint density at radius 1 is 1.50 bits per heavy atom. The number of hydrogen-bond acceptors (Lipinski definition) is 3. The monoisotopic (exact) mass is 278 g/mol. The highest BCUT2D eigenvalue weighted by Crippen LogP contribution is 2.64. The lowest BCUT2D eigenvalue weighted by Crippen LogP contribution is -2.48. The van der Waals surface area contributed by atoms with Crippen LogP contribution < -0.4 is 5.32 Å². The molecule has 2 N–H and O–H groups in total. The van der Waals surface area contributed by atoms with Crippen LogP contribution in [0.5, 0.6) is 0 Å². The van der Waals surface area contributed by atoms with E-state index in [1.54, 1.807) is 0 Å². The van der Waals surface area contributed by atoms with E-state index in [0.29, 0.717) is 18.0 Å². The fourth-order valence-electron chi connectivity index (χ4n) is 3.26. The third-order valence-electron chi connectivity index (χ3n) is 4.67. The molecule has 3 aliphatic rings. The van der Waals surface area contributed by atoms with Crippen LogP contribution >= 0.6 is 0 Å². The number of hydrogen-bond donors (Lipinski definition) is 2. The maximum atomic E-state index is 14.2. The Labute approximate surface area is 119 Å². The highest BCUT2D eigenvalue weighted by molar-refractivity contribution is 6.00. The molecule has 4 heteroatoms. The zero-order valence-corrected chi connectivity index (χ0v) is 12.4. The number of allylic oxidation sites excluding steroid dienone is 2. The Bertz CT molecular complexity index is 509. The highest BCUT2D eigenvalue weighted by Gasteiger charge is 2.58. The summed E-state index contributed by atoms with van der Waals surface area (Å²) in [6.07, 6.45) is 6.20. The fraction of sp³-hybridized carbons (Fsp3) is 0.688. The first-order valence-corrected chi connectivity index (χ1v) is 7.43. The summed E-state index contributed by atoms with van der Waals surface area (Å²) in [5.41, 5.74) is 0.837. The largest absolute Gasteiger partial charge is 0.385 e. The van der Waals surface area contributed by atoms with Gasteiger partial charge >= 0.3 is 0 Å². The quantitative estimate of drug-likeness (QED) is 0.833. The maximum absolute atomic E-state index is 14.2. The Hall–Kier alpha value is -1.00. The summed E-state index contributed by atoms with van der Waals surface area (Å²) in [5.74, 6) is 0.106. The minimum absolute atomic E-state index is 0.0356. The standard InChI is InChI=1S/C16H23FN2O/c1-15(2,3)18-9-12(20)11-6-5-10-13(19-11)14(17)16(10)7-4-8-16/h5-6,10,12,18,20H,4,7-9H2,1-3H3/t10?,12-/m0/s1. The van der Waals surface area contributed by atoms with Gasteiger partial charge in [-0.1, -0.05) is 12.5 Å². The number of nitrogens with one attached hydrogen (secondary N) is 1. The minimum atomic E-state index is -0.690. The van der Waals surface area contributed by atoms with Gasteiger partial charge < -0.3 is 10.4 Å². The molecule has 110 valence electrons. The number of fused-ring (bicyclic) bond motifs is 2. The van der Waals surface area contributed by atoms with Crippen molar-refractivity contribution < 1.29 is 9.50 Å². The van der Waals surface area contributed by atoms with Gasteiger partial charge in [0, 0.05) is 23.4 Å². The lowest BCUT2D eigenvalue weighted by molar-refractivity contribution is 0.0624. The summed E-state index contributed by atoms with van der Waals surface area (Å²) < 4.78 is 14.2. The Kier molecular flexibility index (Phi) is 3.14. The van der Waals surface area contributed by atoms with Gasteiger partial charge in [-0.15, -0.1) is 0 Å². The number of rotatable bonds is 3. The summed E-state index contributed by atoms with van der Waals surface area (Å²) in [6, 6.07) is 0. The topological polar surface area (TPSA) is 44.6 Å². The summed E-state index contributed by atoms with van der Waals surface area (Å²) in [6.45, 7) is 6.56. The van der Waals surface area contributed by atoms with E-state index in [9.17, 15) is 9.50 Å². The second-order valence-corrected chi connectivity index (χ2v) is 7.23. The smallest absolute Gasteiger partial charge is 0.129 e. The first-order valence-electron chi connectivity index (χ1n) is 7.43. The van der Waals surface area contributed by atoms with Gasteiger partial charge in [0.1, 0.15) is 11.9 Å². The summed E-state index contributed by atoms with van der Waals surface area (Å²) in [4.78, 5) is 4.35. The lowest BCUT2D eigenvalue weighted by Gasteiger charge is -2.53. The predicted octanol–water partition coefficient (Wildman–Crippen LogP) is 2.73. The Morgan fingerprint density at radius 3 is 2.75 bits per heavy atom. The number of dihydropyridines is 1. The molecule has 0 bridgehead atoms. The van der Waals surface area contributed by atoms with E-state index >= 15 is 0 Å². The van der Waals surface area contributed by atoms with Crippen LogP contribution in [0.25, 0.3) is 0 Å². The number of nitrogens with zero attached hydrogens (tertiary/aromatic N) is 1. The van der Waals surface area contributed by atoms with E-state index in [2.05, 4.69) is 10.3 Å².